The van der Waals surface area contributed by atoms with Gasteiger partial charge in [-0.2, -0.15) is 0 Å². The Hall–Kier alpha value is -1.92. The summed E-state index contributed by atoms with van der Waals surface area (Å²) in [5.41, 5.74) is -0.490. The van der Waals surface area contributed by atoms with E-state index in [9.17, 15) is 14.7 Å². The first-order valence-electron chi connectivity index (χ1n) is 8.87. The second-order valence-corrected chi connectivity index (χ2v) is 7.15. The Morgan fingerprint density at radius 2 is 1.80 bits per heavy atom. The summed E-state index contributed by atoms with van der Waals surface area (Å²) in [4.78, 5) is 26.2. The molecule has 1 saturated carbocycles. The van der Waals surface area contributed by atoms with E-state index < -0.39 is 11.6 Å². The van der Waals surface area contributed by atoms with E-state index in [0.717, 1.165) is 24.8 Å². The molecule has 1 saturated heterocycles. The maximum Gasteiger partial charge on any atom is 0.337 e. The second kappa shape index (κ2) is 7.14. The fraction of sp³-hybridized carbons (Fsp3) is 0.579. The quantitative estimate of drug-likeness (QED) is 0.783. The number of amides is 1. The van der Waals surface area contributed by atoms with Gasteiger partial charge in [0.25, 0.3) is 0 Å². The van der Waals surface area contributed by atoms with Gasteiger partial charge in [-0.15, -0.1) is 0 Å². The van der Waals surface area contributed by atoms with Crippen molar-refractivity contribution in [3.05, 3.63) is 35.9 Å². The Morgan fingerprint density at radius 1 is 1.16 bits per heavy atom. The van der Waals surface area contributed by atoms with E-state index in [2.05, 4.69) is 22.2 Å². The maximum atomic E-state index is 12.5. The average Bonchev–Trinajstić information content (AvgIpc) is 2.60. The van der Waals surface area contributed by atoms with Crippen LogP contribution in [0, 0.1) is 0 Å². The third-order valence-corrected chi connectivity index (χ3v) is 5.53. The third-order valence-electron chi connectivity index (χ3n) is 5.53. The number of ether oxygens (including phenoxy) is 1. The van der Waals surface area contributed by atoms with Crippen LogP contribution in [0.4, 0.5) is 0 Å². The fourth-order valence-corrected chi connectivity index (χ4v) is 3.76. The topological polar surface area (TPSA) is 78.9 Å². The number of rotatable bonds is 5. The Morgan fingerprint density at radius 3 is 2.32 bits per heavy atom. The number of esters is 1. The lowest BCUT2D eigenvalue weighted by Gasteiger charge is -2.44. The van der Waals surface area contributed by atoms with Crippen LogP contribution in [0.3, 0.4) is 0 Å². The van der Waals surface area contributed by atoms with Gasteiger partial charge in [-0.05, 0) is 37.7 Å². The van der Waals surface area contributed by atoms with Crippen molar-refractivity contribution < 1.29 is 19.4 Å². The first-order valence-corrected chi connectivity index (χ1v) is 8.87. The number of nitrogens with one attached hydrogen (secondary N) is 1. The summed E-state index contributed by atoms with van der Waals surface area (Å²) >= 11 is 0. The molecule has 0 aromatic heterocycles. The van der Waals surface area contributed by atoms with Crippen LogP contribution in [-0.4, -0.2) is 54.2 Å². The second-order valence-electron chi connectivity index (χ2n) is 7.15. The molecule has 2 N–H and O–H groups in total. The molecule has 0 radical (unpaired) electrons. The molecule has 2 aliphatic rings. The van der Waals surface area contributed by atoms with Gasteiger partial charge in [0.2, 0.25) is 5.91 Å². The normalized spacial score (nSPS) is 21.8. The number of benzene rings is 1. The van der Waals surface area contributed by atoms with Gasteiger partial charge in [0.1, 0.15) is 0 Å². The van der Waals surface area contributed by atoms with Crippen molar-refractivity contribution in [3.8, 4) is 0 Å². The summed E-state index contributed by atoms with van der Waals surface area (Å²) in [6.45, 7) is 1.28. The van der Waals surface area contributed by atoms with Crippen LogP contribution in [0.5, 0.6) is 0 Å². The number of carbonyl (C=O) groups is 2. The number of carbonyl (C=O) groups excluding carboxylic acids is 2. The van der Waals surface area contributed by atoms with E-state index in [1.807, 2.05) is 23.1 Å². The molecule has 1 aliphatic heterocycles. The van der Waals surface area contributed by atoms with Crippen molar-refractivity contribution in [2.24, 2.45) is 0 Å². The highest BCUT2D eigenvalue weighted by atomic mass is 16.5. The molecule has 1 aliphatic carbocycles. The van der Waals surface area contributed by atoms with Crippen LogP contribution in [0.15, 0.2) is 30.3 Å². The summed E-state index contributed by atoms with van der Waals surface area (Å²) in [6, 6.07) is 10.1. The van der Waals surface area contributed by atoms with Crippen molar-refractivity contribution in [2.75, 3.05) is 26.7 Å². The van der Waals surface area contributed by atoms with Gasteiger partial charge in [0, 0.05) is 13.1 Å². The van der Waals surface area contributed by atoms with E-state index in [1.54, 1.807) is 0 Å². The summed E-state index contributed by atoms with van der Waals surface area (Å²) in [5, 5.41) is 13.5. The molecule has 2 fully saturated rings. The van der Waals surface area contributed by atoms with Gasteiger partial charge >= 0.3 is 5.97 Å². The first-order chi connectivity index (χ1) is 12.0. The lowest BCUT2D eigenvalue weighted by molar-refractivity contribution is -0.167. The Balaban J connectivity index is 1.54. The average molecular weight is 346 g/mol. The molecule has 1 aromatic carbocycles. The van der Waals surface area contributed by atoms with E-state index in [-0.39, 0.29) is 30.8 Å². The van der Waals surface area contributed by atoms with E-state index in [4.69, 9.17) is 0 Å². The molecule has 1 amide bonds. The number of aliphatic hydroxyl groups is 1. The van der Waals surface area contributed by atoms with Gasteiger partial charge in [-0.1, -0.05) is 30.3 Å². The zero-order valence-corrected chi connectivity index (χ0v) is 14.7. The highest BCUT2D eigenvalue weighted by Gasteiger charge is 2.42. The minimum absolute atomic E-state index is 0.00735. The predicted octanol–water partition coefficient (Wildman–Crippen LogP) is 1.18. The standard InChI is InChI=1S/C19H26N2O4/c1-25-17(23)19(24)10-12-21(13-11-19)14-16(22)20-18(8-5-9-18)15-6-3-2-4-7-15/h2-4,6-7,24H,5,8-14H2,1H3,(H,20,22). The van der Waals surface area contributed by atoms with Crippen molar-refractivity contribution >= 4 is 11.9 Å². The van der Waals surface area contributed by atoms with Crippen molar-refractivity contribution in [1.29, 1.82) is 0 Å². The van der Waals surface area contributed by atoms with Crippen LogP contribution in [0.1, 0.15) is 37.7 Å². The monoisotopic (exact) mass is 346 g/mol. The number of piperidine rings is 1. The largest absolute Gasteiger partial charge is 0.467 e. The molecule has 25 heavy (non-hydrogen) atoms. The Labute approximate surface area is 148 Å². The summed E-state index contributed by atoms with van der Waals surface area (Å²) in [6.07, 6.45) is 3.62. The van der Waals surface area contributed by atoms with Gasteiger partial charge < -0.3 is 15.2 Å². The zero-order chi connectivity index (χ0) is 17.9. The minimum Gasteiger partial charge on any atom is -0.467 e. The molecular weight excluding hydrogens is 320 g/mol. The van der Waals surface area contributed by atoms with Crippen LogP contribution >= 0.6 is 0 Å². The third kappa shape index (κ3) is 3.70. The molecule has 6 heteroatoms. The van der Waals surface area contributed by atoms with Gasteiger partial charge in [-0.25, -0.2) is 4.79 Å². The SMILES string of the molecule is COC(=O)C1(O)CCN(CC(=O)NC2(c3ccccc3)CCC2)CC1. The van der Waals surface area contributed by atoms with Gasteiger partial charge in [0.05, 0.1) is 19.2 Å². The van der Waals surface area contributed by atoms with Crippen LogP contribution in [0.2, 0.25) is 0 Å². The summed E-state index contributed by atoms with van der Waals surface area (Å²) in [7, 11) is 1.28. The first kappa shape index (κ1) is 17.9. The number of methoxy groups -OCH3 is 1. The van der Waals surface area contributed by atoms with Crippen LogP contribution in [-0.2, 0) is 19.9 Å². The molecular formula is C19H26N2O4. The number of hydrogen-bond acceptors (Lipinski definition) is 5. The molecule has 1 aromatic rings. The molecule has 1 heterocycles. The lowest BCUT2D eigenvalue weighted by Crippen LogP contribution is -2.55. The predicted molar refractivity (Wildman–Crippen MR) is 92.8 cm³/mol. The van der Waals surface area contributed by atoms with Crippen molar-refractivity contribution in [3.63, 3.8) is 0 Å². The molecule has 0 atom stereocenters. The lowest BCUT2D eigenvalue weighted by atomic mass is 9.72. The molecule has 136 valence electrons. The molecule has 0 unspecified atom stereocenters. The highest BCUT2D eigenvalue weighted by molar-refractivity contribution is 5.80. The molecule has 0 bridgehead atoms. The smallest absolute Gasteiger partial charge is 0.337 e. The van der Waals surface area contributed by atoms with Crippen LogP contribution < -0.4 is 5.32 Å². The molecule has 0 spiro atoms. The van der Waals surface area contributed by atoms with Crippen LogP contribution in [0.25, 0.3) is 0 Å². The van der Waals surface area contributed by atoms with Crippen molar-refractivity contribution in [1.82, 2.24) is 10.2 Å². The Bertz CT molecular complexity index is 620. The Kier molecular flexibility index (Phi) is 5.11. The number of hydrogen-bond donors (Lipinski definition) is 2. The maximum absolute atomic E-state index is 12.5. The van der Waals surface area contributed by atoms with E-state index >= 15 is 0 Å². The molecule has 3 rings (SSSR count). The number of nitrogens with zero attached hydrogens (tertiary/aromatic N) is 1. The summed E-state index contributed by atoms with van der Waals surface area (Å²) in [5.74, 6) is -0.596. The number of likely N-dealkylation sites (tertiary alicyclic amines) is 1. The van der Waals surface area contributed by atoms with Gasteiger partial charge in [0.15, 0.2) is 5.60 Å². The highest BCUT2D eigenvalue weighted by Crippen LogP contribution is 2.41. The summed E-state index contributed by atoms with van der Waals surface area (Å²) < 4.78 is 4.66. The molecule has 6 nitrogen and oxygen atoms in total. The minimum atomic E-state index is -1.42. The van der Waals surface area contributed by atoms with Gasteiger partial charge in [-0.3, -0.25) is 9.69 Å². The van der Waals surface area contributed by atoms with Crippen molar-refractivity contribution in [2.45, 2.75) is 43.2 Å². The fourth-order valence-electron chi connectivity index (χ4n) is 3.76. The van der Waals surface area contributed by atoms with E-state index in [0.29, 0.717) is 13.1 Å². The zero-order valence-electron chi connectivity index (χ0n) is 14.7. The van der Waals surface area contributed by atoms with E-state index in [1.165, 1.54) is 7.11 Å².